The van der Waals surface area contributed by atoms with Crippen molar-refractivity contribution in [3.05, 3.63) is 11.1 Å². The molecule has 4 heterocycles. The number of hydrogen-bond acceptors (Lipinski definition) is 9. The van der Waals surface area contributed by atoms with Crippen LogP contribution in [0, 0.1) is 22.2 Å². The lowest BCUT2D eigenvalue weighted by atomic mass is 9.51. The summed E-state index contributed by atoms with van der Waals surface area (Å²) in [5.41, 5.74) is -4.76. The van der Waals surface area contributed by atoms with Crippen LogP contribution in [0.3, 0.4) is 0 Å². The Morgan fingerprint density at radius 2 is 1.76 bits per heavy atom. The standard InChI is InChI=1S/C20H22O9/c1-6-9-10(27-13(6)23)11(21)19-8-5-7(17(2,3)4)18(19)12(22)14(24)28-16(18)29-20(9,19)15(25)26-8/h7-8,10-12,16,21-22H,5H2,1-4H3/t7-,8+,10+,11-,12-,16-,18?,19?,20+/m0/s1. The Balaban J connectivity index is 1.73. The first-order valence-electron chi connectivity index (χ1n) is 9.85. The minimum atomic E-state index is -1.83. The zero-order valence-corrected chi connectivity index (χ0v) is 16.4. The SMILES string of the molecule is CC1=C2[C@@H](OC1=O)[C@H](O)C13[C@H]4C[C@@H](C(C)(C)C)C15[C@@H](OC(=O)[C@@H]5O)O[C@@]23C(=O)O4. The van der Waals surface area contributed by atoms with Gasteiger partial charge in [0.1, 0.15) is 12.2 Å². The van der Waals surface area contributed by atoms with Gasteiger partial charge < -0.3 is 29.2 Å². The highest BCUT2D eigenvalue weighted by atomic mass is 16.7. The Morgan fingerprint density at radius 1 is 1.07 bits per heavy atom. The van der Waals surface area contributed by atoms with Crippen molar-refractivity contribution in [2.24, 2.45) is 22.2 Å². The van der Waals surface area contributed by atoms with Crippen molar-refractivity contribution in [1.29, 1.82) is 0 Å². The van der Waals surface area contributed by atoms with Gasteiger partial charge in [0, 0.05) is 11.1 Å². The molecule has 9 nitrogen and oxygen atoms in total. The third-order valence-electron chi connectivity index (χ3n) is 8.35. The molecular weight excluding hydrogens is 384 g/mol. The summed E-state index contributed by atoms with van der Waals surface area (Å²) >= 11 is 0. The van der Waals surface area contributed by atoms with Crippen molar-refractivity contribution in [3.63, 3.8) is 0 Å². The van der Waals surface area contributed by atoms with Gasteiger partial charge in [-0.2, -0.15) is 0 Å². The Morgan fingerprint density at radius 3 is 2.41 bits per heavy atom. The molecular formula is C20H22O9. The molecule has 29 heavy (non-hydrogen) atoms. The molecule has 0 amide bonds. The van der Waals surface area contributed by atoms with Gasteiger partial charge in [0.25, 0.3) is 0 Å². The number of carbonyl (C=O) groups is 3. The first-order valence-corrected chi connectivity index (χ1v) is 9.85. The lowest BCUT2D eigenvalue weighted by Gasteiger charge is -2.47. The van der Waals surface area contributed by atoms with E-state index in [1.807, 2.05) is 20.8 Å². The van der Waals surface area contributed by atoms with Gasteiger partial charge in [-0.25, -0.2) is 14.4 Å². The maximum absolute atomic E-state index is 13.3. The topological polar surface area (TPSA) is 129 Å². The molecule has 0 bridgehead atoms. The molecule has 2 aliphatic carbocycles. The molecule has 2 N–H and O–H groups in total. The molecule has 6 aliphatic rings. The molecule has 0 aromatic heterocycles. The Kier molecular flexibility index (Phi) is 2.79. The maximum atomic E-state index is 13.3. The minimum Gasteiger partial charge on any atom is -0.459 e. The number of aliphatic hydroxyl groups is 2. The van der Waals surface area contributed by atoms with E-state index in [9.17, 15) is 24.6 Å². The van der Waals surface area contributed by atoms with Crippen LogP contribution in [0.15, 0.2) is 11.1 Å². The normalized spacial score (nSPS) is 54.2. The molecule has 0 aromatic rings. The van der Waals surface area contributed by atoms with E-state index < -0.39 is 70.5 Å². The number of esters is 3. The zero-order valence-electron chi connectivity index (χ0n) is 16.4. The summed E-state index contributed by atoms with van der Waals surface area (Å²) in [7, 11) is 0. The van der Waals surface area contributed by atoms with Crippen LogP contribution in [0.1, 0.15) is 34.1 Å². The van der Waals surface area contributed by atoms with E-state index in [2.05, 4.69) is 0 Å². The van der Waals surface area contributed by atoms with Crippen molar-refractivity contribution in [1.82, 2.24) is 0 Å². The van der Waals surface area contributed by atoms with E-state index in [0.29, 0.717) is 6.42 Å². The van der Waals surface area contributed by atoms with Gasteiger partial charge in [0.15, 0.2) is 12.2 Å². The van der Waals surface area contributed by atoms with Gasteiger partial charge in [-0.15, -0.1) is 0 Å². The second-order valence-electron chi connectivity index (χ2n) is 10.1. The monoisotopic (exact) mass is 406 g/mol. The third-order valence-corrected chi connectivity index (χ3v) is 8.35. The third kappa shape index (κ3) is 1.36. The van der Waals surface area contributed by atoms with Crippen molar-refractivity contribution in [2.45, 2.75) is 70.4 Å². The molecule has 5 fully saturated rings. The number of ether oxygens (including phenoxy) is 4. The number of rotatable bonds is 0. The predicted molar refractivity (Wildman–Crippen MR) is 90.6 cm³/mol. The summed E-state index contributed by atoms with van der Waals surface area (Å²) in [5.74, 6) is -2.59. The van der Waals surface area contributed by atoms with Gasteiger partial charge in [-0.05, 0) is 24.7 Å². The average molecular weight is 406 g/mol. The highest BCUT2D eigenvalue weighted by Crippen LogP contribution is 2.83. The molecule has 6 rings (SSSR count). The largest absolute Gasteiger partial charge is 0.459 e. The number of hydrogen-bond donors (Lipinski definition) is 2. The van der Waals surface area contributed by atoms with E-state index >= 15 is 0 Å². The fourth-order valence-corrected chi connectivity index (χ4v) is 7.64. The molecule has 2 saturated carbocycles. The first kappa shape index (κ1) is 17.9. The van der Waals surface area contributed by atoms with E-state index in [-0.39, 0.29) is 17.1 Å². The smallest absolute Gasteiger partial charge is 0.344 e. The van der Waals surface area contributed by atoms with Crippen LogP contribution in [0.2, 0.25) is 0 Å². The minimum absolute atomic E-state index is 0.179. The molecule has 2 spiro atoms. The van der Waals surface area contributed by atoms with Crippen molar-refractivity contribution in [3.8, 4) is 0 Å². The molecule has 9 atom stereocenters. The van der Waals surface area contributed by atoms with Crippen molar-refractivity contribution < 1.29 is 43.5 Å². The summed E-state index contributed by atoms with van der Waals surface area (Å²) in [6.45, 7) is 7.41. The highest BCUT2D eigenvalue weighted by molar-refractivity contribution is 6.00. The number of aliphatic hydroxyl groups excluding tert-OH is 2. The first-order chi connectivity index (χ1) is 13.5. The zero-order chi connectivity index (χ0) is 20.9. The van der Waals surface area contributed by atoms with Crippen LogP contribution < -0.4 is 0 Å². The molecule has 3 saturated heterocycles. The molecule has 9 heteroatoms. The van der Waals surface area contributed by atoms with Gasteiger partial charge in [-0.1, -0.05) is 20.8 Å². The molecule has 0 aromatic carbocycles. The van der Waals surface area contributed by atoms with Crippen LogP contribution >= 0.6 is 0 Å². The molecule has 156 valence electrons. The van der Waals surface area contributed by atoms with E-state index in [1.165, 1.54) is 6.92 Å². The Bertz CT molecular complexity index is 946. The number of carbonyl (C=O) groups excluding carboxylic acids is 3. The maximum Gasteiger partial charge on any atom is 0.344 e. The number of fused-ring (bicyclic) bond motifs is 1. The Labute approximate surface area is 165 Å². The van der Waals surface area contributed by atoms with Crippen LogP contribution in [-0.4, -0.2) is 64.4 Å². The lowest BCUT2D eigenvalue weighted by Crippen LogP contribution is -2.62. The quantitative estimate of drug-likeness (QED) is 0.407. The highest BCUT2D eigenvalue weighted by Gasteiger charge is 2.99. The second-order valence-corrected chi connectivity index (χ2v) is 10.1. The van der Waals surface area contributed by atoms with Crippen molar-refractivity contribution in [2.75, 3.05) is 0 Å². The van der Waals surface area contributed by atoms with Gasteiger partial charge in [0.05, 0.1) is 10.8 Å². The van der Waals surface area contributed by atoms with Crippen LogP contribution in [0.5, 0.6) is 0 Å². The van der Waals surface area contributed by atoms with Crippen LogP contribution in [0.25, 0.3) is 0 Å². The Hall–Kier alpha value is -1.97. The van der Waals surface area contributed by atoms with E-state index in [4.69, 9.17) is 18.9 Å². The van der Waals surface area contributed by atoms with Gasteiger partial charge in [-0.3, -0.25) is 0 Å². The van der Waals surface area contributed by atoms with Crippen molar-refractivity contribution >= 4 is 17.9 Å². The summed E-state index contributed by atoms with van der Waals surface area (Å²) < 4.78 is 22.8. The molecule has 4 aliphatic heterocycles. The van der Waals surface area contributed by atoms with Gasteiger partial charge >= 0.3 is 17.9 Å². The lowest BCUT2D eigenvalue weighted by molar-refractivity contribution is -0.193. The second kappa shape index (κ2) is 4.53. The fourth-order valence-electron chi connectivity index (χ4n) is 7.64. The summed E-state index contributed by atoms with van der Waals surface area (Å²) in [5, 5.41) is 22.8. The molecule has 0 radical (unpaired) electrons. The van der Waals surface area contributed by atoms with E-state index in [0.717, 1.165) is 0 Å². The fraction of sp³-hybridized carbons (Fsp3) is 0.750. The average Bonchev–Trinajstić information content (AvgIpc) is 3.34. The van der Waals surface area contributed by atoms with Crippen LogP contribution in [0.4, 0.5) is 0 Å². The molecule has 2 unspecified atom stereocenters. The summed E-state index contributed by atoms with van der Waals surface area (Å²) in [6, 6.07) is 0. The van der Waals surface area contributed by atoms with E-state index in [1.54, 1.807) is 0 Å². The van der Waals surface area contributed by atoms with Crippen LogP contribution in [-0.2, 0) is 33.3 Å². The predicted octanol–water partition coefficient (Wildman–Crippen LogP) is -0.420. The summed E-state index contributed by atoms with van der Waals surface area (Å²) in [4.78, 5) is 38.0. The summed E-state index contributed by atoms with van der Waals surface area (Å²) in [6.07, 6.45) is -5.81. The van der Waals surface area contributed by atoms with Gasteiger partial charge in [0.2, 0.25) is 11.9 Å².